The van der Waals surface area contributed by atoms with Crippen molar-refractivity contribution in [2.24, 2.45) is 5.92 Å². The van der Waals surface area contributed by atoms with Gasteiger partial charge in [-0.3, -0.25) is 0 Å². The van der Waals surface area contributed by atoms with Crippen LogP contribution in [0.4, 0.5) is 5.95 Å². The summed E-state index contributed by atoms with van der Waals surface area (Å²) in [6, 6.07) is 0.415. The Morgan fingerprint density at radius 2 is 1.75 bits per heavy atom. The van der Waals surface area contributed by atoms with Gasteiger partial charge in [-0.15, -0.1) is 0 Å². The fraction of sp³-hybridized carbons (Fsp3) is 0.700. The highest BCUT2D eigenvalue weighted by Gasteiger charge is 2.25. The van der Waals surface area contributed by atoms with Crippen molar-refractivity contribution in [3.8, 4) is 0 Å². The Balaban J connectivity index is 2.23. The number of anilines is 1. The molecule has 1 aromatic rings. The predicted octanol–water partition coefficient (Wildman–Crippen LogP) is 2.80. The quantitative estimate of drug-likeness (QED) is 0.779. The average Bonchev–Trinajstić information content (AvgIpc) is 2.15. The normalized spacial score (nSPS) is 25.9. The number of halogens is 2. The summed E-state index contributed by atoms with van der Waals surface area (Å²) in [6.45, 7) is 5.38. The Morgan fingerprint density at radius 1 is 1.12 bits per heavy atom. The van der Waals surface area contributed by atoms with Crippen molar-refractivity contribution >= 4 is 29.2 Å². The van der Waals surface area contributed by atoms with E-state index < -0.39 is 0 Å². The smallest absolute Gasteiger partial charge is 0.231 e. The van der Waals surface area contributed by atoms with Gasteiger partial charge in [-0.25, -0.2) is 0 Å². The number of rotatable bonds is 1. The summed E-state index contributed by atoms with van der Waals surface area (Å²) in [5.74, 6) is 1.34. The summed E-state index contributed by atoms with van der Waals surface area (Å²) in [5.41, 5.74) is 0. The molecule has 88 valence electrons. The number of hydrogen-bond donors (Lipinski definition) is 0. The van der Waals surface area contributed by atoms with E-state index in [4.69, 9.17) is 23.2 Å². The number of nitrogens with zero attached hydrogens (tertiary/aromatic N) is 4. The van der Waals surface area contributed by atoms with E-state index in [9.17, 15) is 0 Å². The maximum atomic E-state index is 5.77. The summed E-state index contributed by atoms with van der Waals surface area (Å²) in [5, 5.41) is 0.307. The van der Waals surface area contributed by atoms with E-state index in [0.717, 1.165) is 25.3 Å². The monoisotopic (exact) mass is 260 g/mol. The first-order valence-corrected chi connectivity index (χ1v) is 6.15. The second-order valence-electron chi connectivity index (χ2n) is 4.35. The first-order valence-electron chi connectivity index (χ1n) is 5.40. The summed E-state index contributed by atoms with van der Waals surface area (Å²) in [4.78, 5) is 14.1. The second-order valence-corrected chi connectivity index (χ2v) is 5.02. The van der Waals surface area contributed by atoms with E-state index >= 15 is 0 Å². The third-order valence-corrected chi connectivity index (χ3v) is 3.30. The lowest BCUT2D eigenvalue weighted by Gasteiger charge is -2.36. The zero-order chi connectivity index (χ0) is 11.7. The second kappa shape index (κ2) is 4.72. The SMILES string of the molecule is CC1CCN(c2nc(Cl)nc(Cl)n2)C(C)C1. The van der Waals surface area contributed by atoms with Gasteiger partial charge in [0.2, 0.25) is 16.5 Å². The average molecular weight is 261 g/mol. The molecule has 16 heavy (non-hydrogen) atoms. The van der Waals surface area contributed by atoms with Crippen molar-refractivity contribution in [2.75, 3.05) is 11.4 Å². The lowest BCUT2D eigenvalue weighted by molar-refractivity contribution is 0.373. The highest BCUT2D eigenvalue weighted by Crippen LogP contribution is 2.26. The first kappa shape index (κ1) is 11.9. The highest BCUT2D eigenvalue weighted by atomic mass is 35.5. The van der Waals surface area contributed by atoms with Crippen LogP contribution in [0.3, 0.4) is 0 Å². The zero-order valence-corrected chi connectivity index (χ0v) is 10.8. The molecule has 0 N–H and O–H groups in total. The van der Waals surface area contributed by atoms with Gasteiger partial charge in [-0.2, -0.15) is 15.0 Å². The molecule has 2 heterocycles. The van der Waals surface area contributed by atoms with Crippen LogP contribution in [0.2, 0.25) is 10.6 Å². The minimum absolute atomic E-state index is 0.154. The molecule has 1 saturated heterocycles. The van der Waals surface area contributed by atoms with Crippen LogP contribution in [0, 0.1) is 5.92 Å². The van der Waals surface area contributed by atoms with Gasteiger partial charge < -0.3 is 4.90 Å². The van der Waals surface area contributed by atoms with E-state index in [2.05, 4.69) is 33.7 Å². The third kappa shape index (κ3) is 2.55. The number of piperidine rings is 1. The van der Waals surface area contributed by atoms with Crippen molar-refractivity contribution in [1.29, 1.82) is 0 Å². The van der Waals surface area contributed by atoms with E-state index in [1.54, 1.807) is 0 Å². The number of hydrogen-bond acceptors (Lipinski definition) is 4. The lowest BCUT2D eigenvalue weighted by atomic mass is 9.94. The van der Waals surface area contributed by atoms with Crippen LogP contribution < -0.4 is 4.90 Å². The molecule has 1 aliphatic rings. The minimum atomic E-state index is 0.154. The molecule has 0 spiro atoms. The Morgan fingerprint density at radius 3 is 2.31 bits per heavy atom. The minimum Gasteiger partial charge on any atom is -0.338 e. The first-order chi connectivity index (χ1) is 7.56. The largest absolute Gasteiger partial charge is 0.338 e. The molecule has 0 amide bonds. The fourth-order valence-corrected chi connectivity index (χ4v) is 2.50. The van der Waals surface area contributed by atoms with Gasteiger partial charge in [0, 0.05) is 12.6 Å². The summed E-state index contributed by atoms with van der Waals surface area (Å²) in [7, 11) is 0. The summed E-state index contributed by atoms with van der Waals surface area (Å²) >= 11 is 11.5. The van der Waals surface area contributed by atoms with Crippen LogP contribution in [0.1, 0.15) is 26.7 Å². The standard InChI is InChI=1S/C10H14Cl2N4/c1-6-3-4-16(7(2)5-6)10-14-8(11)13-9(12)15-10/h6-7H,3-5H2,1-2H3. The highest BCUT2D eigenvalue weighted by molar-refractivity contribution is 6.31. The molecular formula is C10H14Cl2N4. The van der Waals surface area contributed by atoms with Gasteiger partial charge >= 0.3 is 0 Å². The maximum Gasteiger partial charge on any atom is 0.231 e. The topological polar surface area (TPSA) is 41.9 Å². The molecule has 4 nitrogen and oxygen atoms in total. The molecule has 2 atom stereocenters. The molecule has 0 aliphatic carbocycles. The van der Waals surface area contributed by atoms with Crippen LogP contribution in [-0.2, 0) is 0 Å². The Hall–Kier alpha value is -0.610. The molecule has 1 aromatic heterocycles. The molecule has 0 saturated carbocycles. The molecule has 1 fully saturated rings. The molecule has 2 unspecified atom stereocenters. The fourth-order valence-electron chi connectivity index (χ4n) is 2.15. The van der Waals surface area contributed by atoms with E-state index in [1.165, 1.54) is 0 Å². The Kier molecular flexibility index (Phi) is 3.50. The van der Waals surface area contributed by atoms with Gasteiger partial charge in [0.15, 0.2) is 0 Å². The van der Waals surface area contributed by atoms with Gasteiger partial charge in [-0.1, -0.05) is 6.92 Å². The van der Waals surface area contributed by atoms with Gasteiger partial charge in [-0.05, 0) is 48.9 Å². The van der Waals surface area contributed by atoms with Crippen LogP contribution in [-0.4, -0.2) is 27.5 Å². The van der Waals surface area contributed by atoms with Crippen LogP contribution >= 0.6 is 23.2 Å². The Labute approximate surface area is 105 Å². The number of aromatic nitrogens is 3. The molecule has 0 aromatic carbocycles. The molecule has 1 aliphatic heterocycles. The van der Waals surface area contributed by atoms with Gasteiger partial charge in [0.25, 0.3) is 0 Å². The molecular weight excluding hydrogens is 247 g/mol. The van der Waals surface area contributed by atoms with Crippen molar-refractivity contribution in [1.82, 2.24) is 15.0 Å². The third-order valence-electron chi connectivity index (χ3n) is 2.96. The molecule has 0 bridgehead atoms. The predicted molar refractivity (Wildman–Crippen MR) is 65.1 cm³/mol. The van der Waals surface area contributed by atoms with Crippen molar-refractivity contribution in [2.45, 2.75) is 32.7 Å². The van der Waals surface area contributed by atoms with Crippen molar-refractivity contribution in [3.05, 3.63) is 10.6 Å². The van der Waals surface area contributed by atoms with Crippen molar-refractivity contribution in [3.63, 3.8) is 0 Å². The van der Waals surface area contributed by atoms with Crippen molar-refractivity contribution < 1.29 is 0 Å². The lowest BCUT2D eigenvalue weighted by Crippen LogP contribution is -2.41. The van der Waals surface area contributed by atoms with Gasteiger partial charge in [0.05, 0.1) is 0 Å². The molecule has 6 heteroatoms. The van der Waals surface area contributed by atoms with Gasteiger partial charge in [0.1, 0.15) is 0 Å². The van der Waals surface area contributed by atoms with Crippen LogP contribution in [0.25, 0.3) is 0 Å². The van der Waals surface area contributed by atoms with E-state index in [0.29, 0.717) is 12.0 Å². The molecule has 2 rings (SSSR count). The Bertz CT molecular complexity index is 365. The summed E-state index contributed by atoms with van der Waals surface area (Å²) in [6.07, 6.45) is 2.28. The maximum absolute atomic E-state index is 5.77. The summed E-state index contributed by atoms with van der Waals surface area (Å²) < 4.78 is 0. The van der Waals surface area contributed by atoms with E-state index in [-0.39, 0.29) is 10.6 Å². The van der Waals surface area contributed by atoms with E-state index in [1.807, 2.05) is 0 Å². The van der Waals surface area contributed by atoms with Crippen LogP contribution in [0.15, 0.2) is 0 Å². The zero-order valence-electron chi connectivity index (χ0n) is 9.32. The molecule has 0 radical (unpaired) electrons. The van der Waals surface area contributed by atoms with Crippen LogP contribution in [0.5, 0.6) is 0 Å².